The molecule has 1 spiro atoms. The van der Waals surface area contributed by atoms with E-state index in [9.17, 15) is 9.59 Å². The second-order valence-corrected chi connectivity index (χ2v) is 7.70. The average molecular weight is 393 g/mol. The number of likely N-dealkylation sites (tertiary alicyclic amines) is 2. The standard InChI is InChI=1S/C23H27N3O3/c1-2-29-20-19(11-6-14-24-20)21(27)26-16-8-13-23(26)12-7-15-25(22(23)28)17-18-9-4-3-5-10-18/h3-6,9-11,14H,2,7-8,12-13,15-17H2,1H3. The lowest BCUT2D eigenvalue weighted by atomic mass is 9.84. The molecule has 2 amide bonds. The Labute approximate surface area is 171 Å². The van der Waals surface area contributed by atoms with Gasteiger partial charge in [0.15, 0.2) is 0 Å². The number of rotatable bonds is 5. The molecule has 1 unspecified atom stereocenters. The molecule has 2 saturated heterocycles. The van der Waals surface area contributed by atoms with Crippen LogP contribution in [-0.4, -0.2) is 51.8 Å². The van der Waals surface area contributed by atoms with Gasteiger partial charge < -0.3 is 14.5 Å². The molecule has 6 nitrogen and oxygen atoms in total. The first-order valence-electron chi connectivity index (χ1n) is 10.4. The molecule has 29 heavy (non-hydrogen) atoms. The van der Waals surface area contributed by atoms with Crippen molar-refractivity contribution >= 4 is 11.8 Å². The minimum atomic E-state index is -0.747. The summed E-state index contributed by atoms with van der Waals surface area (Å²) in [6, 6.07) is 13.5. The predicted octanol–water partition coefficient (Wildman–Crippen LogP) is 3.28. The van der Waals surface area contributed by atoms with E-state index >= 15 is 0 Å². The van der Waals surface area contributed by atoms with E-state index in [1.165, 1.54) is 0 Å². The lowest BCUT2D eigenvalue weighted by Gasteiger charge is -2.44. The van der Waals surface area contributed by atoms with E-state index in [4.69, 9.17) is 4.74 Å². The fourth-order valence-corrected chi connectivity index (χ4v) is 4.63. The van der Waals surface area contributed by atoms with Crippen LogP contribution in [0.25, 0.3) is 0 Å². The molecule has 0 aliphatic carbocycles. The van der Waals surface area contributed by atoms with Gasteiger partial charge in [0.25, 0.3) is 5.91 Å². The zero-order valence-corrected chi connectivity index (χ0v) is 16.8. The van der Waals surface area contributed by atoms with E-state index in [0.29, 0.717) is 44.0 Å². The fraction of sp³-hybridized carbons (Fsp3) is 0.435. The molecule has 2 aliphatic heterocycles. The molecule has 3 heterocycles. The molecule has 0 radical (unpaired) electrons. The Morgan fingerprint density at radius 3 is 2.62 bits per heavy atom. The number of carbonyl (C=O) groups excluding carboxylic acids is 2. The summed E-state index contributed by atoms with van der Waals surface area (Å²) in [5, 5.41) is 0. The molecular formula is C23H27N3O3. The van der Waals surface area contributed by atoms with Crippen LogP contribution in [0.4, 0.5) is 0 Å². The van der Waals surface area contributed by atoms with Gasteiger partial charge in [-0.3, -0.25) is 9.59 Å². The van der Waals surface area contributed by atoms with Crippen molar-refractivity contribution in [3.05, 3.63) is 59.8 Å². The van der Waals surface area contributed by atoms with E-state index < -0.39 is 5.54 Å². The molecule has 0 saturated carbocycles. The highest BCUT2D eigenvalue weighted by atomic mass is 16.5. The molecule has 1 atom stereocenters. The van der Waals surface area contributed by atoms with Crippen molar-refractivity contribution < 1.29 is 14.3 Å². The maximum Gasteiger partial charge on any atom is 0.260 e. The van der Waals surface area contributed by atoms with Crippen LogP contribution in [0.15, 0.2) is 48.7 Å². The summed E-state index contributed by atoms with van der Waals surface area (Å²) >= 11 is 0. The quantitative estimate of drug-likeness (QED) is 0.782. The van der Waals surface area contributed by atoms with Gasteiger partial charge in [-0.2, -0.15) is 0 Å². The minimum Gasteiger partial charge on any atom is -0.477 e. The third-order valence-electron chi connectivity index (χ3n) is 5.94. The van der Waals surface area contributed by atoms with Crippen LogP contribution < -0.4 is 4.74 Å². The molecule has 0 bridgehead atoms. The van der Waals surface area contributed by atoms with Crippen LogP contribution in [0.5, 0.6) is 5.88 Å². The van der Waals surface area contributed by atoms with Crippen molar-refractivity contribution in [2.75, 3.05) is 19.7 Å². The van der Waals surface area contributed by atoms with E-state index in [2.05, 4.69) is 4.98 Å². The highest BCUT2D eigenvalue weighted by Gasteiger charge is 2.53. The normalized spacial score (nSPS) is 21.6. The summed E-state index contributed by atoms with van der Waals surface area (Å²) in [5.74, 6) is 0.251. The molecule has 6 heteroatoms. The Bertz CT molecular complexity index is 886. The summed E-state index contributed by atoms with van der Waals surface area (Å²) in [5.41, 5.74) is 0.798. The Hall–Kier alpha value is -2.89. The first-order chi connectivity index (χ1) is 14.2. The number of hydrogen-bond donors (Lipinski definition) is 0. The van der Waals surface area contributed by atoms with E-state index in [0.717, 1.165) is 24.9 Å². The van der Waals surface area contributed by atoms with Gasteiger partial charge in [0.05, 0.1) is 6.61 Å². The largest absolute Gasteiger partial charge is 0.477 e. The number of ether oxygens (including phenoxy) is 1. The number of hydrogen-bond acceptors (Lipinski definition) is 4. The van der Waals surface area contributed by atoms with Crippen LogP contribution >= 0.6 is 0 Å². The molecular weight excluding hydrogens is 366 g/mol. The molecule has 2 aliphatic rings. The summed E-state index contributed by atoms with van der Waals surface area (Å²) in [6.45, 7) is 4.21. The Kier molecular flexibility index (Phi) is 5.51. The lowest BCUT2D eigenvalue weighted by Crippen LogP contribution is -2.61. The number of piperidine rings is 1. The van der Waals surface area contributed by atoms with Crippen LogP contribution in [0.1, 0.15) is 48.5 Å². The van der Waals surface area contributed by atoms with Gasteiger partial charge in [0.2, 0.25) is 11.8 Å². The van der Waals surface area contributed by atoms with Crippen molar-refractivity contribution in [2.24, 2.45) is 0 Å². The zero-order chi connectivity index (χ0) is 20.3. The Balaban J connectivity index is 1.61. The monoisotopic (exact) mass is 393 g/mol. The second-order valence-electron chi connectivity index (χ2n) is 7.70. The number of carbonyl (C=O) groups is 2. The maximum atomic E-state index is 13.6. The number of pyridine rings is 1. The van der Waals surface area contributed by atoms with Crippen molar-refractivity contribution in [1.82, 2.24) is 14.8 Å². The van der Waals surface area contributed by atoms with Crippen LogP contribution in [0.2, 0.25) is 0 Å². The average Bonchev–Trinajstić information content (AvgIpc) is 3.17. The fourth-order valence-electron chi connectivity index (χ4n) is 4.63. The van der Waals surface area contributed by atoms with Crippen LogP contribution in [0.3, 0.4) is 0 Å². The van der Waals surface area contributed by atoms with Crippen LogP contribution in [-0.2, 0) is 11.3 Å². The molecule has 4 rings (SSSR count). The van der Waals surface area contributed by atoms with Gasteiger partial charge in [0.1, 0.15) is 11.1 Å². The Morgan fingerprint density at radius 1 is 1.10 bits per heavy atom. The van der Waals surface area contributed by atoms with Gasteiger partial charge in [-0.15, -0.1) is 0 Å². The van der Waals surface area contributed by atoms with Gasteiger partial charge in [-0.25, -0.2) is 4.98 Å². The highest BCUT2D eigenvalue weighted by Crippen LogP contribution is 2.40. The third kappa shape index (κ3) is 3.59. The number of nitrogens with zero attached hydrogens (tertiary/aromatic N) is 3. The molecule has 152 valence electrons. The summed E-state index contributed by atoms with van der Waals surface area (Å²) in [6.07, 6.45) is 4.78. The minimum absolute atomic E-state index is 0.0697. The molecule has 1 aromatic carbocycles. The summed E-state index contributed by atoms with van der Waals surface area (Å²) in [7, 11) is 0. The highest BCUT2D eigenvalue weighted by molar-refractivity contribution is 6.01. The van der Waals surface area contributed by atoms with Crippen molar-refractivity contribution in [2.45, 2.75) is 44.7 Å². The summed E-state index contributed by atoms with van der Waals surface area (Å²) in [4.78, 5) is 35.0. The van der Waals surface area contributed by atoms with E-state index in [-0.39, 0.29) is 11.8 Å². The van der Waals surface area contributed by atoms with E-state index in [1.54, 1.807) is 23.2 Å². The van der Waals surface area contributed by atoms with Gasteiger partial charge in [0, 0.05) is 25.8 Å². The van der Waals surface area contributed by atoms with Crippen molar-refractivity contribution in [3.8, 4) is 5.88 Å². The SMILES string of the molecule is CCOc1ncccc1C(=O)N1CCCC12CCCN(Cc1ccccc1)C2=O. The Morgan fingerprint density at radius 2 is 1.86 bits per heavy atom. The molecule has 1 aromatic heterocycles. The molecule has 2 fully saturated rings. The van der Waals surface area contributed by atoms with Gasteiger partial charge >= 0.3 is 0 Å². The maximum absolute atomic E-state index is 13.6. The number of aromatic nitrogens is 1. The summed E-state index contributed by atoms with van der Waals surface area (Å²) < 4.78 is 5.57. The predicted molar refractivity (Wildman–Crippen MR) is 110 cm³/mol. The van der Waals surface area contributed by atoms with Crippen LogP contribution in [0, 0.1) is 0 Å². The number of benzene rings is 1. The first kappa shape index (κ1) is 19.4. The molecule has 2 aromatic rings. The van der Waals surface area contributed by atoms with Gasteiger partial charge in [-0.05, 0) is 50.3 Å². The lowest BCUT2D eigenvalue weighted by molar-refractivity contribution is -0.146. The first-order valence-corrected chi connectivity index (χ1v) is 10.4. The zero-order valence-electron chi connectivity index (χ0n) is 16.8. The van der Waals surface area contributed by atoms with E-state index in [1.807, 2.05) is 42.2 Å². The van der Waals surface area contributed by atoms with Crippen molar-refractivity contribution in [1.29, 1.82) is 0 Å². The smallest absolute Gasteiger partial charge is 0.260 e. The molecule has 0 N–H and O–H groups in total. The third-order valence-corrected chi connectivity index (χ3v) is 5.94. The topological polar surface area (TPSA) is 62.7 Å². The van der Waals surface area contributed by atoms with Gasteiger partial charge in [-0.1, -0.05) is 30.3 Å². The van der Waals surface area contributed by atoms with Crippen molar-refractivity contribution in [3.63, 3.8) is 0 Å². The second kappa shape index (κ2) is 8.23. The number of amides is 2.